The van der Waals surface area contributed by atoms with Gasteiger partial charge in [0.25, 0.3) is 5.91 Å². The summed E-state index contributed by atoms with van der Waals surface area (Å²) in [6.45, 7) is 0.908. The lowest BCUT2D eigenvalue weighted by Gasteiger charge is -2.34. The zero-order chi connectivity index (χ0) is 27.5. The Morgan fingerprint density at radius 2 is 2.03 bits per heavy atom. The molecule has 2 amide bonds. The van der Waals surface area contributed by atoms with E-state index in [-0.39, 0.29) is 34.9 Å². The molecular weight excluding hydrogens is 451 g/mol. The minimum Gasteiger partial charge on any atom is -0.364 e. The van der Waals surface area contributed by atoms with Crippen LogP contribution in [0, 0.1) is 18.8 Å². The molecule has 1 fully saturated rings. The van der Waals surface area contributed by atoms with Gasteiger partial charge in [0.15, 0.2) is 5.82 Å². The number of halogens is 1. The minimum atomic E-state index is -2.72. The van der Waals surface area contributed by atoms with Gasteiger partial charge in [0.1, 0.15) is 11.5 Å². The van der Waals surface area contributed by atoms with Crippen molar-refractivity contribution < 1.29 is 18.1 Å². The maximum atomic E-state index is 14.9. The van der Waals surface area contributed by atoms with Crippen LogP contribution in [0.1, 0.15) is 51.5 Å². The lowest BCUT2D eigenvalue weighted by Crippen LogP contribution is -2.28. The van der Waals surface area contributed by atoms with Gasteiger partial charge in [-0.25, -0.2) is 14.6 Å². The Kier molecular flexibility index (Phi) is 4.59. The van der Waals surface area contributed by atoms with Crippen LogP contribution in [0.5, 0.6) is 0 Å². The first-order chi connectivity index (χ1) is 17.8. The third kappa shape index (κ3) is 3.86. The van der Waals surface area contributed by atoms with Crippen molar-refractivity contribution in [3.8, 4) is 11.3 Å². The molecule has 4 heterocycles. The zero-order valence-corrected chi connectivity index (χ0v) is 19.7. The van der Waals surface area contributed by atoms with Gasteiger partial charge < -0.3 is 20.9 Å². The molecule has 0 spiro atoms. The number of nitrogens with one attached hydrogen (secondary N) is 3. The molecule has 3 aromatic rings. The third-order valence-electron chi connectivity index (χ3n) is 6.45. The van der Waals surface area contributed by atoms with E-state index in [1.54, 1.807) is 14.0 Å². The van der Waals surface area contributed by atoms with Crippen LogP contribution < -0.4 is 20.9 Å². The van der Waals surface area contributed by atoms with Gasteiger partial charge in [-0.2, -0.15) is 9.49 Å². The molecule has 182 valence electrons. The maximum Gasteiger partial charge on any atom is 0.254 e. The molecular formula is C24H27FN8O2. The topological polar surface area (TPSA) is 117 Å². The van der Waals surface area contributed by atoms with Crippen LogP contribution in [0.25, 0.3) is 11.3 Å². The van der Waals surface area contributed by atoms with Crippen LogP contribution in [0.4, 0.5) is 27.4 Å². The van der Waals surface area contributed by atoms with Crippen LogP contribution in [-0.4, -0.2) is 45.6 Å². The summed E-state index contributed by atoms with van der Waals surface area (Å²) in [6, 6.07) is 2.90. The molecule has 0 unspecified atom stereocenters. The van der Waals surface area contributed by atoms with Crippen molar-refractivity contribution in [2.75, 3.05) is 29.6 Å². The number of aryl methyl sites for hydroxylation is 2. The fraction of sp³-hybridized carbons (Fsp3) is 0.375. The van der Waals surface area contributed by atoms with Crippen molar-refractivity contribution in [1.82, 2.24) is 25.1 Å². The van der Waals surface area contributed by atoms with Crippen LogP contribution in [0.15, 0.2) is 18.3 Å². The number of nitrogens with zero attached hydrogens (tertiary/aromatic N) is 5. The highest BCUT2D eigenvalue weighted by Gasteiger charge is 2.35. The van der Waals surface area contributed by atoms with E-state index in [0.29, 0.717) is 34.0 Å². The van der Waals surface area contributed by atoms with E-state index in [2.05, 4.69) is 25.7 Å². The first kappa shape index (κ1) is 19.3. The zero-order valence-electron chi connectivity index (χ0n) is 22.7. The summed E-state index contributed by atoms with van der Waals surface area (Å²) in [5, 5.41) is 12.3. The SMILES string of the molecule is [2H]C([2H])([2H])NC(=O)c1cnc(NC(=O)C2CC2)cc1Nc1nc(C)cc2c1N(C)[C@H](C)c1c-2nn(C)c1F. The van der Waals surface area contributed by atoms with Gasteiger partial charge in [-0.05, 0) is 32.8 Å². The fourth-order valence-corrected chi connectivity index (χ4v) is 4.34. The number of fused-ring (bicyclic) bond motifs is 3. The van der Waals surface area contributed by atoms with Crippen LogP contribution in [-0.2, 0) is 11.8 Å². The molecule has 11 heteroatoms. The highest BCUT2D eigenvalue weighted by Crippen LogP contribution is 2.48. The number of anilines is 4. The summed E-state index contributed by atoms with van der Waals surface area (Å²) in [4.78, 5) is 35.9. The van der Waals surface area contributed by atoms with E-state index < -0.39 is 18.8 Å². The Bertz CT molecular complexity index is 1470. The van der Waals surface area contributed by atoms with Crippen LogP contribution in [0.2, 0.25) is 0 Å². The summed E-state index contributed by atoms with van der Waals surface area (Å²) >= 11 is 0. The summed E-state index contributed by atoms with van der Waals surface area (Å²) in [5.74, 6) is -1.00. The number of pyridine rings is 2. The molecule has 3 N–H and O–H groups in total. The monoisotopic (exact) mass is 481 g/mol. The number of amides is 2. The molecule has 0 bridgehead atoms. The number of carbonyl (C=O) groups is 2. The highest BCUT2D eigenvalue weighted by atomic mass is 19.1. The number of aromatic nitrogens is 4. The van der Waals surface area contributed by atoms with Crippen LogP contribution in [0.3, 0.4) is 0 Å². The fourth-order valence-electron chi connectivity index (χ4n) is 4.34. The van der Waals surface area contributed by atoms with Gasteiger partial charge in [0.05, 0.1) is 28.5 Å². The summed E-state index contributed by atoms with van der Waals surface area (Å²) < 4.78 is 38.4. The van der Waals surface area contributed by atoms with Crippen molar-refractivity contribution in [2.24, 2.45) is 13.0 Å². The van der Waals surface area contributed by atoms with Gasteiger partial charge in [0, 0.05) is 54.6 Å². The predicted octanol–water partition coefficient (Wildman–Crippen LogP) is 3.29. The molecule has 35 heavy (non-hydrogen) atoms. The molecule has 10 nitrogen and oxygen atoms in total. The number of hydrogen-bond acceptors (Lipinski definition) is 7. The standard InChI is InChI=1S/C24H27FN8O2/c1-11-8-14-19-18(21(25)33(5)31-19)12(2)32(4)20(14)22(28-11)29-16-9-17(30-23(34)13-6-7-13)27-10-15(16)24(35)26-3/h8-10,12-13H,6-7H2,1-5H3,(H,26,35)(H2,27,28,29,30,34)/t12-/m1/s1/i3D3. The highest BCUT2D eigenvalue weighted by molar-refractivity contribution is 6.02. The molecule has 0 radical (unpaired) electrons. The van der Waals surface area contributed by atoms with E-state index in [4.69, 9.17) is 4.11 Å². The Hall–Kier alpha value is -4.02. The van der Waals surface area contributed by atoms with Gasteiger partial charge in [-0.1, -0.05) is 0 Å². The van der Waals surface area contributed by atoms with Crippen LogP contribution >= 0.6 is 0 Å². The Morgan fingerprint density at radius 1 is 1.26 bits per heavy atom. The Balaban J connectivity index is 1.61. The molecule has 1 aliphatic heterocycles. The second kappa shape index (κ2) is 8.33. The van der Waals surface area contributed by atoms with E-state index in [1.807, 2.05) is 23.2 Å². The van der Waals surface area contributed by atoms with Gasteiger partial charge >= 0.3 is 0 Å². The van der Waals surface area contributed by atoms with E-state index >= 15 is 0 Å². The van der Waals surface area contributed by atoms with E-state index in [0.717, 1.165) is 12.8 Å². The number of carbonyl (C=O) groups excluding carboxylic acids is 2. The molecule has 2 aliphatic rings. The van der Waals surface area contributed by atoms with E-state index in [9.17, 15) is 14.0 Å². The summed E-state index contributed by atoms with van der Waals surface area (Å²) in [5.41, 5.74) is 2.97. The van der Waals surface area contributed by atoms with Gasteiger partial charge in [-0.15, -0.1) is 0 Å². The second-order valence-corrected chi connectivity index (χ2v) is 8.93. The lowest BCUT2D eigenvalue weighted by atomic mass is 9.95. The van der Waals surface area contributed by atoms with Crippen molar-refractivity contribution in [3.05, 3.63) is 41.1 Å². The predicted molar refractivity (Wildman–Crippen MR) is 130 cm³/mol. The molecule has 5 rings (SSSR count). The quantitative estimate of drug-likeness (QED) is 0.512. The molecule has 0 saturated heterocycles. The lowest BCUT2D eigenvalue weighted by molar-refractivity contribution is -0.117. The average Bonchev–Trinajstić information content (AvgIpc) is 3.62. The Labute approximate surface area is 206 Å². The summed E-state index contributed by atoms with van der Waals surface area (Å²) in [6.07, 6.45) is 2.80. The van der Waals surface area contributed by atoms with E-state index in [1.165, 1.54) is 24.0 Å². The van der Waals surface area contributed by atoms with Crippen molar-refractivity contribution in [1.29, 1.82) is 0 Å². The van der Waals surface area contributed by atoms with Crippen molar-refractivity contribution in [3.63, 3.8) is 0 Å². The molecule has 0 aromatic carbocycles. The smallest absolute Gasteiger partial charge is 0.254 e. The molecule has 1 aliphatic carbocycles. The van der Waals surface area contributed by atoms with Crippen molar-refractivity contribution in [2.45, 2.75) is 32.7 Å². The normalized spacial score (nSPS) is 18.0. The minimum absolute atomic E-state index is 0.0568. The maximum absolute atomic E-state index is 14.9. The number of rotatable bonds is 5. The first-order valence-electron chi connectivity index (χ1n) is 12.7. The molecule has 1 atom stereocenters. The Morgan fingerprint density at radius 3 is 2.74 bits per heavy atom. The third-order valence-corrected chi connectivity index (χ3v) is 6.45. The average molecular weight is 482 g/mol. The van der Waals surface area contributed by atoms with Gasteiger partial charge in [0.2, 0.25) is 11.9 Å². The largest absolute Gasteiger partial charge is 0.364 e. The number of hydrogen-bond donors (Lipinski definition) is 3. The first-order valence-corrected chi connectivity index (χ1v) is 11.2. The van der Waals surface area contributed by atoms with Gasteiger partial charge in [-0.3, -0.25) is 9.59 Å². The molecule has 3 aromatic heterocycles. The second-order valence-electron chi connectivity index (χ2n) is 8.93. The summed E-state index contributed by atoms with van der Waals surface area (Å²) in [7, 11) is 3.34. The molecule has 1 saturated carbocycles. The van der Waals surface area contributed by atoms with Crippen molar-refractivity contribution >= 4 is 34.8 Å².